The number of aromatic nitrogens is 1. The van der Waals surface area contributed by atoms with E-state index in [-0.39, 0.29) is 23.9 Å². The molecule has 170 valence electrons. The monoisotopic (exact) mass is 460 g/mol. The molecule has 0 bridgehead atoms. The summed E-state index contributed by atoms with van der Waals surface area (Å²) in [4.78, 5) is 18.6. The van der Waals surface area contributed by atoms with Crippen LogP contribution in [0, 0.1) is 0 Å². The van der Waals surface area contributed by atoms with E-state index in [9.17, 15) is 14.1 Å². The summed E-state index contributed by atoms with van der Waals surface area (Å²) in [5.74, 6) is 0. The van der Waals surface area contributed by atoms with Crippen LogP contribution in [0.3, 0.4) is 0 Å². The van der Waals surface area contributed by atoms with Gasteiger partial charge >= 0.3 is 6.09 Å². The predicted molar refractivity (Wildman–Crippen MR) is 120 cm³/mol. The zero-order valence-corrected chi connectivity index (χ0v) is 20.5. The van der Waals surface area contributed by atoms with Crippen molar-refractivity contribution >= 4 is 34.4 Å². The molecule has 1 aromatic rings. The number of nitrogens with one attached hydrogen (secondary N) is 1. The molecule has 30 heavy (non-hydrogen) atoms. The maximum absolute atomic E-state index is 12.9. The molecule has 0 spiro atoms. The number of ether oxygens (including phenoxy) is 1. The minimum Gasteiger partial charge on any atom is -0.443 e. The first-order chi connectivity index (χ1) is 13.4. The number of aliphatic hydroxyl groups is 1. The Labute approximate surface area is 186 Å². The summed E-state index contributed by atoms with van der Waals surface area (Å²) < 4.78 is 21.1. The molecule has 0 aromatic carbocycles. The van der Waals surface area contributed by atoms with Crippen LogP contribution in [-0.4, -0.2) is 43.8 Å². The molecule has 1 aromatic heterocycles. The van der Waals surface area contributed by atoms with Crippen molar-refractivity contribution in [2.45, 2.75) is 76.9 Å². The molecule has 10 heteroatoms. The molecular weight excluding hydrogens is 428 g/mol. The first-order valence-corrected chi connectivity index (χ1v) is 11.3. The average Bonchev–Trinajstić information content (AvgIpc) is 2.86. The number of hydrogen-bond acceptors (Lipinski definition) is 6. The summed E-state index contributed by atoms with van der Waals surface area (Å²) >= 11 is 6.49. The second kappa shape index (κ2) is 8.02. The standard InChI is InChI=1S/C20H33ClN4O4S/c1-17(2,3)29-16(26)25-11-19(7,24-30(28)18(4,5)6)12-9-13(20(8,27)10-22)23-15(21)14(12)25/h9,24,27H,10-11,22H2,1-8H3/t19-,20?,30?/m0/s1. The highest BCUT2D eigenvalue weighted by Crippen LogP contribution is 2.45. The molecule has 0 radical (unpaired) electrons. The Bertz CT molecular complexity index is 864. The van der Waals surface area contributed by atoms with Crippen LogP contribution < -0.4 is 15.4 Å². The number of anilines is 1. The molecule has 1 aliphatic heterocycles. The topological polar surface area (TPSA) is 118 Å². The second-order valence-electron chi connectivity index (χ2n) is 10.1. The van der Waals surface area contributed by atoms with Crippen molar-refractivity contribution in [3.63, 3.8) is 0 Å². The summed E-state index contributed by atoms with van der Waals surface area (Å²) in [7, 11) is -1.44. The number of carbonyl (C=O) groups is 1. The third-order valence-corrected chi connectivity index (χ3v) is 6.74. The van der Waals surface area contributed by atoms with E-state index >= 15 is 0 Å². The van der Waals surface area contributed by atoms with Gasteiger partial charge in [0, 0.05) is 12.1 Å². The molecule has 3 atom stereocenters. The number of amides is 1. The maximum Gasteiger partial charge on any atom is 0.414 e. The minimum atomic E-state index is -1.44. The Hall–Kier alpha value is -1.26. The normalized spacial score (nSPS) is 22.4. The van der Waals surface area contributed by atoms with Gasteiger partial charge in [0.1, 0.15) is 11.2 Å². The number of halogens is 1. The lowest BCUT2D eigenvalue weighted by Gasteiger charge is -2.31. The van der Waals surface area contributed by atoms with Crippen molar-refractivity contribution in [1.82, 2.24) is 9.71 Å². The second-order valence-corrected chi connectivity index (χ2v) is 12.4. The third-order valence-electron chi connectivity index (χ3n) is 4.73. The van der Waals surface area contributed by atoms with E-state index in [4.69, 9.17) is 22.1 Å². The molecule has 8 nitrogen and oxygen atoms in total. The van der Waals surface area contributed by atoms with Crippen LogP contribution in [0.1, 0.15) is 66.6 Å². The summed E-state index contributed by atoms with van der Waals surface area (Å²) in [5.41, 5.74) is 3.89. The van der Waals surface area contributed by atoms with Gasteiger partial charge < -0.3 is 15.6 Å². The summed E-state index contributed by atoms with van der Waals surface area (Å²) in [5, 5.41) is 10.7. The summed E-state index contributed by atoms with van der Waals surface area (Å²) in [6.45, 7) is 14.3. The van der Waals surface area contributed by atoms with Crippen LogP contribution in [-0.2, 0) is 26.9 Å². The van der Waals surface area contributed by atoms with Crippen molar-refractivity contribution in [2.75, 3.05) is 18.0 Å². The van der Waals surface area contributed by atoms with Gasteiger partial charge in [0.2, 0.25) is 0 Å². The quantitative estimate of drug-likeness (QED) is 0.594. The van der Waals surface area contributed by atoms with Gasteiger partial charge in [0.05, 0.1) is 39.2 Å². The Morgan fingerprint density at radius 1 is 1.37 bits per heavy atom. The van der Waals surface area contributed by atoms with Gasteiger partial charge in [-0.25, -0.2) is 18.7 Å². The summed E-state index contributed by atoms with van der Waals surface area (Å²) in [6, 6.07) is 1.66. The molecule has 1 aliphatic rings. The lowest BCUT2D eigenvalue weighted by Crippen LogP contribution is -2.50. The van der Waals surface area contributed by atoms with Gasteiger partial charge in [0.15, 0.2) is 5.15 Å². The third kappa shape index (κ3) is 5.13. The van der Waals surface area contributed by atoms with E-state index in [0.29, 0.717) is 11.3 Å². The van der Waals surface area contributed by atoms with Gasteiger partial charge in [-0.15, -0.1) is 0 Å². The lowest BCUT2D eigenvalue weighted by atomic mass is 9.92. The van der Waals surface area contributed by atoms with E-state index < -0.39 is 38.6 Å². The van der Waals surface area contributed by atoms with Crippen LogP contribution >= 0.6 is 11.6 Å². The Morgan fingerprint density at radius 2 is 1.93 bits per heavy atom. The molecule has 2 unspecified atom stereocenters. The average molecular weight is 461 g/mol. The van der Waals surface area contributed by atoms with E-state index in [0.717, 1.165) is 0 Å². The fraction of sp³-hybridized carbons (Fsp3) is 0.700. The van der Waals surface area contributed by atoms with Crippen LogP contribution in [0.15, 0.2) is 6.07 Å². The Morgan fingerprint density at radius 3 is 2.40 bits per heavy atom. The molecule has 2 rings (SSSR count). The highest BCUT2D eigenvalue weighted by molar-refractivity contribution is 7.84. The molecule has 0 fully saturated rings. The molecule has 0 aliphatic carbocycles. The van der Waals surface area contributed by atoms with Crippen LogP contribution in [0.25, 0.3) is 0 Å². The van der Waals surface area contributed by atoms with Gasteiger partial charge in [-0.05, 0) is 61.5 Å². The highest BCUT2D eigenvalue weighted by atomic mass is 35.5. The largest absolute Gasteiger partial charge is 0.443 e. The van der Waals surface area contributed by atoms with Crippen LogP contribution in [0.5, 0.6) is 0 Å². The highest BCUT2D eigenvalue weighted by Gasteiger charge is 2.47. The number of carbonyl (C=O) groups excluding carboxylic acids is 1. The number of pyridine rings is 1. The zero-order valence-electron chi connectivity index (χ0n) is 18.9. The maximum atomic E-state index is 12.9. The number of rotatable bonds is 4. The SMILES string of the molecule is CC(C)(C)OC(=O)N1C[C@](C)(NS(=O)C(C)(C)C)c2cc(C(C)(O)CN)nc(Cl)c21. The van der Waals surface area contributed by atoms with E-state index in [2.05, 4.69) is 9.71 Å². The van der Waals surface area contributed by atoms with Gasteiger partial charge in [-0.1, -0.05) is 11.6 Å². The van der Waals surface area contributed by atoms with Crippen molar-refractivity contribution in [1.29, 1.82) is 0 Å². The van der Waals surface area contributed by atoms with Crippen molar-refractivity contribution < 1.29 is 18.8 Å². The van der Waals surface area contributed by atoms with Gasteiger partial charge in [0.25, 0.3) is 0 Å². The number of nitrogens with zero attached hydrogens (tertiary/aromatic N) is 2. The molecule has 2 heterocycles. The van der Waals surface area contributed by atoms with E-state index in [1.165, 1.54) is 11.8 Å². The van der Waals surface area contributed by atoms with Gasteiger partial charge in [-0.3, -0.25) is 4.90 Å². The number of fused-ring (bicyclic) bond motifs is 1. The lowest BCUT2D eigenvalue weighted by molar-refractivity contribution is 0.0577. The van der Waals surface area contributed by atoms with Crippen LogP contribution in [0.2, 0.25) is 5.15 Å². The van der Waals surface area contributed by atoms with E-state index in [1.807, 2.05) is 27.7 Å². The molecular formula is C20H33ClN4O4S. The number of nitrogens with two attached hydrogens (primary N) is 1. The molecule has 0 saturated carbocycles. The number of hydrogen-bond donors (Lipinski definition) is 3. The first kappa shape index (κ1) is 25.0. The van der Waals surface area contributed by atoms with E-state index in [1.54, 1.807) is 26.8 Å². The Balaban J connectivity index is 2.64. The van der Waals surface area contributed by atoms with Crippen molar-refractivity contribution in [3.8, 4) is 0 Å². The fourth-order valence-corrected chi connectivity index (χ4v) is 4.15. The Kier molecular flexibility index (Phi) is 6.68. The van der Waals surface area contributed by atoms with Gasteiger partial charge in [-0.2, -0.15) is 0 Å². The zero-order chi connectivity index (χ0) is 23.3. The molecule has 1 amide bonds. The molecule has 4 N–H and O–H groups in total. The smallest absolute Gasteiger partial charge is 0.414 e. The first-order valence-electron chi connectivity index (χ1n) is 9.75. The molecule has 0 saturated heterocycles. The van der Waals surface area contributed by atoms with Crippen molar-refractivity contribution in [3.05, 3.63) is 22.5 Å². The summed E-state index contributed by atoms with van der Waals surface area (Å²) in [6.07, 6.45) is -0.585. The fourth-order valence-electron chi connectivity index (χ4n) is 2.96. The predicted octanol–water partition coefficient (Wildman–Crippen LogP) is 2.92. The van der Waals surface area contributed by atoms with Crippen molar-refractivity contribution in [2.24, 2.45) is 5.73 Å². The van der Waals surface area contributed by atoms with Crippen LogP contribution in [0.4, 0.5) is 10.5 Å². The minimum absolute atomic E-state index is 0.0363.